The van der Waals surface area contributed by atoms with Crippen LogP contribution in [0.2, 0.25) is 0 Å². The van der Waals surface area contributed by atoms with Crippen molar-refractivity contribution in [2.24, 2.45) is 17.8 Å². The monoisotopic (exact) mass is 291 g/mol. The molecule has 1 heterocycles. The minimum atomic E-state index is 0.294. The minimum Gasteiger partial charge on any atom is -0.473 e. The van der Waals surface area contributed by atoms with Crippen molar-refractivity contribution in [1.29, 1.82) is 0 Å². The normalized spacial score (nSPS) is 26.0. The van der Waals surface area contributed by atoms with Crippen molar-refractivity contribution in [2.75, 3.05) is 6.54 Å². The first-order chi connectivity index (χ1) is 10.0. The summed E-state index contributed by atoms with van der Waals surface area (Å²) in [6.45, 7) is 10.8. The Morgan fingerprint density at radius 1 is 1.14 bits per heavy atom. The van der Waals surface area contributed by atoms with Gasteiger partial charge < -0.3 is 10.1 Å². The summed E-state index contributed by atoms with van der Waals surface area (Å²) >= 11 is 0. The molecule has 118 valence electrons. The SMILES string of the molecule is CC(C)CNCc1cnc(OC2CC(C)CC(C)C2)cn1. The fourth-order valence-corrected chi connectivity index (χ4v) is 3.12. The lowest BCUT2D eigenvalue weighted by Crippen LogP contribution is -2.28. The number of nitrogens with one attached hydrogen (secondary N) is 1. The fraction of sp³-hybridized carbons (Fsp3) is 0.765. The molecule has 1 saturated carbocycles. The smallest absolute Gasteiger partial charge is 0.232 e. The van der Waals surface area contributed by atoms with Gasteiger partial charge in [-0.2, -0.15) is 0 Å². The second-order valence-electron chi connectivity index (χ2n) is 7.03. The Hall–Kier alpha value is -1.16. The van der Waals surface area contributed by atoms with Gasteiger partial charge in [-0.25, -0.2) is 4.98 Å². The largest absolute Gasteiger partial charge is 0.473 e. The van der Waals surface area contributed by atoms with Gasteiger partial charge in [-0.05, 0) is 43.6 Å². The molecule has 4 heteroatoms. The quantitative estimate of drug-likeness (QED) is 0.872. The maximum Gasteiger partial charge on any atom is 0.232 e. The summed E-state index contributed by atoms with van der Waals surface area (Å²) in [5.74, 6) is 2.79. The first-order valence-electron chi connectivity index (χ1n) is 8.21. The average Bonchev–Trinajstić information content (AvgIpc) is 2.39. The highest BCUT2D eigenvalue weighted by molar-refractivity contribution is 5.08. The number of rotatable bonds is 6. The van der Waals surface area contributed by atoms with E-state index in [4.69, 9.17) is 4.74 Å². The third-order valence-corrected chi connectivity index (χ3v) is 3.96. The van der Waals surface area contributed by atoms with Gasteiger partial charge in [-0.3, -0.25) is 4.98 Å². The van der Waals surface area contributed by atoms with Gasteiger partial charge in [0.25, 0.3) is 0 Å². The number of aromatic nitrogens is 2. The predicted octanol–water partition coefficient (Wildman–Crippen LogP) is 3.43. The van der Waals surface area contributed by atoms with Crippen LogP contribution >= 0.6 is 0 Å². The van der Waals surface area contributed by atoms with E-state index >= 15 is 0 Å². The molecule has 1 aromatic heterocycles. The zero-order valence-corrected chi connectivity index (χ0v) is 13.8. The lowest BCUT2D eigenvalue weighted by molar-refractivity contribution is 0.0962. The van der Waals surface area contributed by atoms with Crippen LogP contribution in [0.15, 0.2) is 12.4 Å². The molecule has 21 heavy (non-hydrogen) atoms. The predicted molar refractivity (Wildman–Crippen MR) is 85.2 cm³/mol. The first-order valence-corrected chi connectivity index (χ1v) is 8.21. The molecule has 0 bridgehead atoms. The van der Waals surface area contributed by atoms with Crippen molar-refractivity contribution in [3.63, 3.8) is 0 Å². The first kappa shape index (κ1) is 16.2. The highest BCUT2D eigenvalue weighted by Crippen LogP contribution is 2.30. The molecule has 2 unspecified atom stereocenters. The molecule has 2 rings (SSSR count). The van der Waals surface area contributed by atoms with Crippen LogP contribution in [0, 0.1) is 17.8 Å². The molecule has 2 atom stereocenters. The zero-order valence-electron chi connectivity index (χ0n) is 13.8. The lowest BCUT2D eigenvalue weighted by atomic mass is 9.82. The Bertz CT molecular complexity index is 409. The fourth-order valence-electron chi connectivity index (χ4n) is 3.12. The molecule has 1 N–H and O–H groups in total. The van der Waals surface area contributed by atoms with Gasteiger partial charge in [0.15, 0.2) is 0 Å². The molecule has 4 nitrogen and oxygen atoms in total. The number of ether oxygens (including phenoxy) is 1. The maximum absolute atomic E-state index is 6.00. The Labute approximate surface area is 128 Å². The van der Waals surface area contributed by atoms with E-state index in [1.54, 1.807) is 6.20 Å². The van der Waals surface area contributed by atoms with Gasteiger partial charge in [0, 0.05) is 6.54 Å². The van der Waals surface area contributed by atoms with Gasteiger partial charge in [0.1, 0.15) is 6.10 Å². The van der Waals surface area contributed by atoms with Gasteiger partial charge >= 0.3 is 0 Å². The third kappa shape index (κ3) is 5.62. The van der Waals surface area contributed by atoms with E-state index in [1.165, 1.54) is 6.42 Å². The van der Waals surface area contributed by atoms with Crippen molar-refractivity contribution in [1.82, 2.24) is 15.3 Å². The minimum absolute atomic E-state index is 0.294. The molecule has 1 aliphatic rings. The van der Waals surface area contributed by atoms with Crippen LogP contribution in [0.3, 0.4) is 0 Å². The number of hydrogen-bond donors (Lipinski definition) is 1. The Balaban J connectivity index is 1.81. The molecule has 0 spiro atoms. The Kier molecular flexibility index (Phi) is 5.97. The van der Waals surface area contributed by atoms with Crippen molar-refractivity contribution >= 4 is 0 Å². The lowest BCUT2D eigenvalue weighted by Gasteiger charge is -2.31. The second kappa shape index (κ2) is 7.74. The summed E-state index contributed by atoms with van der Waals surface area (Å²) in [6.07, 6.45) is 7.44. The number of nitrogens with zero attached hydrogens (tertiary/aromatic N) is 2. The van der Waals surface area contributed by atoms with E-state index in [0.717, 1.165) is 43.5 Å². The molecule has 0 saturated heterocycles. The Morgan fingerprint density at radius 2 is 1.86 bits per heavy atom. The van der Waals surface area contributed by atoms with Crippen LogP contribution < -0.4 is 10.1 Å². The van der Waals surface area contributed by atoms with Crippen LogP contribution in [-0.4, -0.2) is 22.6 Å². The van der Waals surface area contributed by atoms with Crippen molar-refractivity contribution in [3.05, 3.63) is 18.1 Å². The van der Waals surface area contributed by atoms with Gasteiger partial charge in [0.05, 0.1) is 18.1 Å². The standard InChI is InChI=1S/C17H29N3O/c1-12(2)8-18-9-15-10-20-17(11-19-15)21-16-6-13(3)5-14(4)7-16/h10-14,16,18H,5-9H2,1-4H3. The van der Waals surface area contributed by atoms with Crippen LogP contribution in [0.4, 0.5) is 0 Å². The summed E-state index contributed by atoms with van der Waals surface area (Å²) in [4.78, 5) is 8.82. The van der Waals surface area contributed by atoms with E-state index in [9.17, 15) is 0 Å². The number of hydrogen-bond acceptors (Lipinski definition) is 4. The molecule has 0 aliphatic heterocycles. The average molecular weight is 291 g/mol. The molecule has 0 radical (unpaired) electrons. The third-order valence-electron chi connectivity index (χ3n) is 3.96. The molecular weight excluding hydrogens is 262 g/mol. The summed E-state index contributed by atoms with van der Waals surface area (Å²) in [5.41, 5.74) is 0.966. The summed E-state index contributed by atoms with van der Waals surface area (Å²) in [7, 11) is 0. The highest BCUT2D eigenvalue weighted by Gasteiger charge is 2.25. The van der Waals surface area contributed by atoms with Gasteiger partial charge in [0.2, 0.25) is 5.88 Å². The summed E-state index contributed by atoms with van der Waals surface area (Å²) in [6, 6.07) is 0. The van der Waals surface area contributed by atoms with Crippen molar-refractivity contribution in [2.45, 2.75) is 59.6 Å². The molecule has 0 amide bonds. The summed E-state index contributed by atoms with van der Waals surface area (Å²) < 4.78 is 6.00. The van der Waals surface area contributed by atoms with E-state index < -0.39 is 0 Å². The van der Waals surface area contributed by atoms with E-state index in [0.29, 0.717) is 17.9 Å². The maximum atomic E-state index is 6.00. The van der Waals surface area contributed by atoms with Crippen molar-refractivity contribution in [3.8, 4) is 5.88 Å². The van der Waals surface area contributed by atoms with Gasteiger partial charge in [-0.1, -0.05) is 27.7 Å². The Morgan fingerprint density at radius 3 is 2.43 bits per heavy atom. The van der Waals surface area contributed by atoms with E-state index in [-0.39, 0.29) is 0 Å². The van der Waals surface area contributed by atoms with E-state index in [1.807, 2.05) is 6.20 Å². The topological polar surface area (TPSA) is 47.0 Å². The zero-order chi connectivity index (χ0) is 15.2. The van der Waals surface area contributed by atoms with E-state index in [2.05, 4.69) is 43.0 Å². The molecule has 0 aromatic carbocycles. The van der Waals surface area contributed by atoms with Crippen LogP contribution in [-0.2, 0) is 6.54 Å². The van der Waals surface area contributed by atoms with Crippen LogP contribution in [0.5, 0.6) is 5.88 Å². The molecular formula is C17H29N3O. The highest BCUT2D eigenvalue weighted by atomic mass is 16.5. The molecule has 1 aliphatic carbocycles. The molecule has 1 aromatic rings. The van der Waals surface area contributed by atoms with Gasteiger partial charge in [-0.15, -0.1) is 0 Å². The van der Waals surface area contributed by atoms with Crippen LogP contribution in [0.25, 0.3) is 0 Å². The van der Waals surface area contributed by atoms with Crippen molar-refractivity contribution < 1.29 is 4.74 Å². The summed E-state index contributed by atoms with van der Waals surface area (Å²) in [5, 5.41) is 3.37. The molecule has 1 fully saturated rings. The van der Waals surface area contributed by atoms with Crippen LogP contribution in [0.1, 0.15) is 52.7 Å². The second-order valence-corrected chi connectivity index (χ2v) is 7.03.